The first-order valence-electron chi connectivity index (χ1n) is 10.9. The summed E-state index contributed by atoms with van der Waals surface area (Å²) in [5.41, 5.74) is 2.07. The molecule has 0 bridgehead atoms. The molecule has 168 valence electrons. The molecule has 1 aliphatic heterocycles. The number of ether oxygens (including phenoxy) is 2. The number of aryl methyl sites for hydroxylation is 1. The van der Waals surface area contributed by atoms with Crippen molar-refractivity contribution in [2.24, 2.45) is 0 Å². The summed E-state index contributed by atoms with van der Waals surface area (Å²) in [6.45, 7) is 4.00. The Morgan fingerprint density at radius 2 is 2.16 bits per heavy atom. The number of carbonyl (C=O) groups excluding carboxylic acids is 1. The molecule has 32 heavy (non-hydrogen) atoms. The van der Waals surface area contributed by atoms with E-state index in [1.165, 1.54) is 17.4 Å². The summed E-state index contributed by atoms with van der Waals surface area (Å²) in [5.74, 6) is 0.397. The Morgan fingerprint density at radius 3 is 2.91 bits per heavy atom. The normalized spacial score (nSPS) is 15.6. The number of rotatable bonds is 9. The molecule has 0 radical (unpaired) electrons. The summed E-state index contributed by atoms with van der Waals surface area (Å²) < 4.78 is 25.4. The lowest BCUT2D eigenvalue weighted by Gasteiger charge is -2.25. The minimum absolute atomic E-state index is 0.0545. The Bertz CT molecular complexity index is 1050. The fraction of sp³-hybridized carbons (Fsp3) is 0.360. The average Bonchev–Trinajstić information content (AvgIpc) is 3.46. The van der Waals surface area contributed by atoms with Crippen LogP contribution in [0.2, 0.25) is 0 Å². The third-order valence-electron chi connectivity index (χ3n) is 5.44. The van der Waals surface area contributed by atoms with Crippen LogP contribution in [0.1, 0.15) is 39.5 Å². The van der Waals surface area contributed by atoms with Crippen molar-refractivity contribution in [3.8, 4) is 5.75 Å². The summed E-state index contributed by atoms with van der Waals surface area (Å²) in [5, 5.41) is 2.68. The van der Waals surface area contributed by atoms with Crippen LogP contribution in [0.3, 0.4) is 0 Å². The van der Waals surface area contributed by atoms with E-state index in [4.69, 9.17) is 9.47 Å². The zero-order chi connectivity index (χ0) is 22.3. The van der Waals surface area contributed by atoms with Crippen molar-refractivity contribution in [1.29, 1.82) is 0 Å². The summed E-state index contributed by atoms with van der Waals surface area (Å²) in [6.07, 6.45) is 2.52. The topological polar surface area (TPSA) is 51.7 Å². The zero-order valence-corrected chi connectivity index (χ0v) is 18.9. The molecule has 0 saturated carbocycles. The lowest BCUT2D eigenvalue weighted by atomic mass is 10.1. The predicted molar refractivity (Wildman–Crippen MR) is 123 cm³/mol. The van der Waals surface area contributed by atoms with Gasteiger partial charge in [0.25, 0.3) is 5.91 Å². The summed E-state index contributed by atoms with van der Waals surface area (Å²) in [4.78, 5) is 19.3. The number of nitrogens with zero attached hydrogens (tertiary/aromatic N) is 2. The van der Waals surface area contributed by atoms with Crippen LogP contribution in [0.4, 0.5) is 4.39 Å². The van der Waals surface area contributed by atoms with Crippen LogP contribution in [0.15, 0.2) is 53.9 Å². The highest BCUT2D eigenvalue weighted by molar-refractivity contribution is 7.09. The highest BCUT2D eigenvalue weighted by atomic mass is 32.1. The number of halogens is 1. The first kappa shape index (κ1) is 22.4. The van der Waals surface area contributed by atoms with E-state index >= 15 is 0 Å². The molecule has 0 N–H and O–H groups in total. The van der Waals surface area contributed by atoms with Crippen LogP contribution < -0.4 is 4.74 Å². The molecule has 1 fully saturated rings. The van der Waals surface area contributed by atoms with Crippen LogP contribution in [-0.2, 0) is 17.7 Å². The number of thiazole rings is 1. The van der Waals surface area contributed by atoms with E-state index in [1.54, 1.807) is 12.1 Å². The molecule has 0 spiro atoms. The van der Waals surface area contributed by atoms with E-state index in [9.17, 15) is 9.18 Å². The molecule has 1 amide bonds. The Kier molecular flexibility index (Phi) is 7.50. The van der Waals surface area contributed by atoms with Crippen LogP contribution in [-0.4, -0.2) is 41.7 Å². The largest absolute Gasteiger partial charge is 0.493 e. The van der Waals surface area contributed by atoms with Crippen molar-refractivity contribution >= 4 is 17.2 Å². The molecule has 4 rings (SSSR count). The molecular weight excluding hydrogens is 427 g/mol. The van der Waals surface area contributed by atoms with Gasteiger partial charge in [-0.05, 0) is 49.1 Å². The minimum atomic E-state index is -0.217. The van der Waals surface area contributed by atoms with Crippen molar-refractivity contribution in [1.82, 2.24) is 9.88 Å². The van der Waals surface area contributed by atoms with Crippen LogP contribution >= 0.6 is 11.3 Å². The van der Waals surface area contributed by atoms with E-state index in [1.807, 2.05) is 47.5 Å². The van der Waals surface area contributed by atoms with Crippen molar-refractivity contribution in [3.05, 3.63) is 81.6 Å². The number of benzene rings is 2. The summed E-state index contributed by atoms with van der Waals surface area (Å²) >= 11 is 1.47. The molecule has 1 aliphatic rings. The second-order valence-corrected chi connectivity index (χ2v) is 8.97. The monoisotopic (exact) mass is 454 g/mol. The lowest BCUT2D eigenvalue weighted by molar-refractivity contribution is 0.0503. The van der Waals surface area contributed by atoms with Gasteiger partial charge in [0.15, 0.2) is 0 Å². The number of hydrogen-bond acceptors (Lipinski definition) is 5. The first-order chi connectivity index (χ1) is 15.6. The summed E-state index contributed by atoms with van der Waals surface area (Å²) in [6, 6.07) is 14.4. The highest BCUT2D eigenvalue weighted by Crippen LogP contribution is 2.21. The van der Waals surface area contributed by atoms with E-state index < -0.39 is 0 Å². The van der Waals surface area contributed by atoms with Gasteiger partial charge in [0.2, 0.25) is 0 Å². The molecule has 5 nitrogen and oxygen atoms in total. The van der Waals surface area contributed by atoms with E-state index in [0.29, 0.717) is 43.1 Å². The molecule has 1 aromatic heterocycles. The van der Waals surface area contributed by atoms with Crippen molar-refractivity contribution < 1.29 is 18.7 Å². The number of aromatic nitrogens is 1. The second-order valence-electron chi connectivity index (χ2n) is 7.91. The smallest absolute Gasteiger partial charge is 0.273 e. The van der Waals surface area contributed by atoms with Crippen LogP contribution in [0.25, 0.3) is 0 Å². The number of carbonyl (C=O) groups is 1. The maximum atomic E-state index is 13.8. The second kappa shape index (κ2) is 10.7. The van der Waals surface area contributed by atoms with Gasteiger partial charge in [0.1, 0.15) is 17.3 Å². The van der Waals surface area contributed by atoms with Gasteiger partial charge in [-0.3, -0.25) is 4.79 Å². The Balaban J connectivity index is 1.42. The van der Waals surface area contributed by atoms with Crippen LogP contribution in [0.5, 0.6) is 5.75 Å². The van der Waals surface area contributed by atoms with Crippen molar-refractivity contribution in [3.63, 3.8) is 0 Å². The lowest BCUT2D eigenvalue weighted by Crippen LogP contribution is -2.37. The van der Waals surface area contributed by atoms with Gasteiger partial charge in [-0.25, -0.2) is 9.37 Å². The molecule has 2 aromatic carbocycles. The zero-order valence-electron chi connectivity index (χ0n) is 18.1. The molecule has 7 heteroatoms. The molecule has 3 aromatic rings. The van der Waals surface area contributed by atoms with Gasteiger partial charge in [0.05, 0.1) is 17.7 Å². The molecule has 0 aliphatic carbocycles. The Morgan fingerprint density at radius 1 is 1.28 bits per heavy atom. The van der Waals surface area contributed by atoms with Crippen molar-refractivity contribution in [2.75, 3.05) is 19.8 Å². The Labute approximate surface area is 191 Å². The molecular formula is C25H27FN2O3S. The van der Waals surface area contributed by atoms with E-state index in [2.05, 4.69) is 4.98 Å². The predicted octanol–water partition coefficient (Wildman–Crippen LogP) is 5.03. The third kappa shape index (κ3) is 5.93. The maximum Gasteiger partial charge on any atom is 0.273 e. The molecule has 1 saturated heterocycles. The van der Waals surface area contributed by atoms with Gasteiger partial charge >= 0.3 is 0 Å². The number of hydrogen-bond donors (Lipinski definition) is 0. The van der Waals surface area contributed by atoms with Gasteiger partial charge in [-0.15, -0.1) is 11.3 Å². The molecule has 0 unspecified atom stereocenters. The minimum Gasteiger partial charge on any atom is -0.493 e. The van der Waals surface area contributed by atoms with Gasteiger partial charge in [-0.1, -0.05) is 30.3 Å². The van der Waals surface area contributed by atoms with Gasteiger partial charge in [-0.2, -0.15) is 0 Å². The van der Waals surface area contributed by atoms with Gasteiger partial charge < -0.3 is 14.4 Å². The fourth-order valence-corrected chi connectivity index (χ4v) is 4.40. The van der Waals surface area contributed by atoms with Crippen molar-refractivity contribution in [2.45, 2.75) is 38.8 Å². The molecule has 1 atom stereocenters. The Hall–Kier alpha value is -2.77. The number of amides is 1. The third-order valence-corrected chi connectivity index (χ3v) is 6.22. The van der Waals surface area contributed by atoms with Gasteiger partial charge in [0, 0.05) is 31.5 Å². The summed E-state index contributed by atoms with van der Waals surface area (Å²) in [7, 11) is 0. The quantitative estimate of drug-likeness (QED) is 0.455. The van der Waals surface area contributed by atoms with E-state index in [-0.39, 0.29) is 17.8 Å². The fourth-order valence-electron chi connectivity index (χ4n) is 3.81. The average molecular weight is 455 g/mol. The first-order valence-corrected chi connectivity index (χ1v) is 11.7. The highest BCUT2D eigenvalue weighted by Gasteiger charge is 2.25. The maximum absolute atomic E-state index is 13.8. The SMILES string of the molecule is Cc1nc(C(=O)N(Cc2cccc(OCCc3ccccc3F)c2)C[C@H]2CCCO2)cs1. The standard InChI is InChI=1S/C25H27FN2O3S/c1-18-27-24(17-32-18)25(29)28(16-22-9-5-12-30-22)15-19-6-4-8-21(14-19)31-13-11-20-7-2-3-10-23(20)26/h2-4,6-8,10,14,17,22H,5,9,11-13,15-16H2,1H3/t22-/m1/s1. The van der Waals surface area contributed by atoms with Crippen LogP contribution in [0, 0.1) is 12.7 Å². The van der Waals surface area contributed by atoms with E-state index in [0.717, 1.165) is 30.0 Å². The molecule has 2 heterocycles.